The van der Waals surface area contributed by atoms with Crippen LogP contribution in [0.3, 0.4) is 0 Å². The Morgan fingerprint density at radius 1 is 1.24 bits per heavy atom. The van der Waals surface area contributed by atoms with Crippen molar-refractivity contribution in [3.8, 4) is 0 Å². The molecule has 0 aliphatic heterocycles. The van der Waals surface area contributed by atoms with E-state index in [4.69, 9.17) is 0 Å². The zero-order chi connectivity index (χ0) is 16.6. The van der Waals surface area contributed by atoms with Crippen LogP contribution in [0.25, 0.3) is 0 Å². The van der Waals surface area contributed by atoms with Crippen molar-refractivity contribution >= 4 is 17.8 Å². The van der Waals surface area contributed by atoms with Gasteiger partial charge in [-0.25, -0.2) is 0 Å². The minimum Gasteiger partial charge on any atom is -0.469 e. The van der Waals surface area contributed by atoms with Crippen molar-refractivity contribution in [1.82, 2.24) is 10.2 Å². The van der Waals surface area contributed by atoms with Gasteiger partial charge in [0.2, 0.25) is 11.8 Å². The van der Waals surface area contributed by atoms with Gasteiger partial charge in [-0.05, 0) is 6.42 Å². The van der Waals surface area contributed by atoms with Crippen LogP contribution in [0.1, 0.15) is 40.5 Å². The SMILES string of the molecule is COC(=O)C(C)CN(C)C(=O)CCCNC(=O)C(C)(C)C. The molecule has 0 rings (SSSR count). The maximum absolute atomic E-state index is 11.9. The number of nitrogens with one attached hydrogen (secondary N) is 1. The third-order valence-electron chi connectivity index (χ3n) is 3.11. The first-order chi connectivity index (χ1) is 9.59. The number of methoxy groups -OCH3 is 1. The van der Waals surface area contributed by atoms with E-state index < -0.39 is 5.41 Å². The topological polar surface area (TPSA) is 75.7 Å². The number of esters is 1. The van der Waals surface area contributed by atoms with Gasteiger partial charge in [-0.1, -0.05) is 27.7 Å². The number of nitrogens with zero attached hydrogens (tertiary/aromatic N) is 1. The Bertz CT molecular complexity index is 374. The van der Waals surface area contributed by atoms with E-state index in [1.165, 1.54) is 12.0 Å². The van der Waals surface area contributed by atoms with Gasteiger partial charge in [0, 0.05) is 32.0 Å². The minimum absolute atomic E-state index is 0.0254. The summed E-state index contributed by atoms with van der Waals surface area (Å²) < 4.78 is 4.62. The third kappa shape index (κ3) is 7.68. The van der Waals surface area contributed by atoms with Crippen molar-refractivity contribution in [2.24, 2.45) is 11.3 Å². The van der Waals surface area contributed by atoms with Crippen LogP contribution in [0.5, 0.6) is 0 Å². The van der Waals surface area contributed by atoms with E-state index in [-0.39, 0.29) is 23.7 Å². The van der Waals surface area contributed by atoms with E-state index in [0.29, 0.717) is 25.9 Å². The standard InChI is InChI=1S/C15H28N2O4/c1-11(13(19)21-6)10-17(5)12(18)8-7-9-16-14(20)15(2,3)4/h11H,7-10H2,1-6H3,(H,16,20). The Labute approximate surface area is 127 Å². The van der Waals surface area contributed by atoms with E-state index in [1.807, 2.05) is 20.8 Å². The van der Waals surface area contributed by atoms with Crippen LogP contribution in [0.4, 0.5) is 0 Å². The molecule has 0 fully saturated rings. The van der Waals surface area contributed by atoms with Gasteiger partial charge in [-0.15, -0.1) is 0 Å². The van der Waals surface area contributed by atoms with Gasteiger partial charge in [0.25, 0.3) is 0 Å². The Hall–Kier alpha value is -1.59. The lowest BCUT2D eigenvalue weighted by Crippen LogP contribution is -2.37. The molecule has 1 atom stereocenters. The highest BCUT2D eigenvalue weighted by Gasteiger charge is 2.21. The molecule has 0 bridgehead atoms. The number of carbonyl (C=O) groups is 3. The molecular formula is C15H28N2O4. The first-order valence-corrected chi connectivity index (χ1v) is 7.19. The quantitative estimate of drug-likeness (QED) is 0.566. The fraction of sp³-hybridized carbons (Fsp3) is 0.800. The van der Waals surface area contributed by atoms with Gasteiger partial charge in [0.05, 0.1) is 13.0 Å². The lowest BCUT2D eigenvalue weighted by Gasteiger charge is -2.21. The summed E-state index contributed by atoms with van der Waals surface area (Å²) in [5.74, 6) is -0.741. The summed E-state index contributed by atoms with van der Waals surface area (Å²) in [6.45, 7) is 8.06. The number of rotatable bonds is 7. The zero-order valence-electron chi connectivity index (χ0n) is 14.0. The van der Waals surface area contributed by atoms with Crippen LogP contribution >= 0.6 is 0 Å². The molecule has 0 saturated carbocycles. The first-order valence-electron chi connectivity index (χ1n) is 7.19. The van der Waals surface area contributed by atoms with Gasteiger partial charge in [0.1, 0.15) is 0 Å². The lowest BCUT2D eigenvalue weighted by atomic mass is 9.96. The minimum atomic E-state index is -0.420. The summed E-state index contributed by atoms with van der Waals surface area (Å²) >= 11 is 0. The molecule has 0 radical (unpaired) electrons. The molecule has 2 amide bonds. The molecule has 21 heavy (non-hydrogen) atoms. The van der Waals surface area contributed by atoms with E-state index in [1.54, 1.807) is 14.0 Å². The van der Waals surface area contributed by atoms with Crippen LogP contribution in [0, 0.1) is 11.3 Å². The Kier molecular flexibility index (Phi) is 7.99. The highest BCUT2D eigenvalue weighted by atomic mass is 16.5. The van der Waals surface area contributed by atoms with Crippen LogP contribution in [-0.2, 0) is 19.1 Å². The number of hydrogen-bond donors (Lipinski definition) is 1. The number of carbonyl (C=O) groups excluding carboxylic acids is 3. The summed E-state index contributed by atoms with van der Waals surface area (Å²) in [6, 6.07) is 0. The Morgan fingerprint density at radius 2 is 1.81 bits per heavy atom. The summed E-state index contributed by atoms with van der Waals surface area (Å²) in [7, 11) is 2.99. The molecule has 6 heteroatoms. The molecule has 0 aliphatic carbocycles. The second-order valence-corrected chi connectivity index (χ2v) is 6.31. The van der Waals surface area contributed by atoms with Gasteiger partial charge in [-0.3, -0.25) is 14.4 Å². The molecule has 0 aromatic carbocycles. The predicted molar refractivity (Wildman–Crippen MR) is 80.5 cm³/mol. The van der Waals surface area contributed by atoms with E-state index in [9.17, 15) is 14.4 Å². The molecule has 0 aliphatic rings. The second kappa shape index (κ2) is 8.64. The maximum atomic E-state index is 11.9. The first kappa shape index (κ1) is 19.4. The third-order valence-corrected chi connectivity index (χ3v) is 3.11. The summed E-state index contributed by atoms with van der Waals surface area (Å²) in [5.41, 5.74) is -0.420. The monoisotopic (exact) mass is 300 g/mol. The van der Waals surface area contributed by atoms with Gasteiger partial charge in [-0.2, -0.15) is 0 Å². The van der Waals surface area contributed by atoms with Crippen molar-refractivity contribution in [2.45, 2.75) is 40.5 Å². The molecule has 0 aromatic rings. The molecule has 0 spiro atoms. The van der Waals surface area contributed by atoms with Crippen LogP contribution in [0.2, 0.25) is 0 Å². The molecule has 6 nitrogen and oxygen atoms in total. The van der Waals surface area contributed by atoms with Crippen LogP contribution in [0.15, 0.2) is 0 Å². The molecule has 122 valence electrons. The highest BCUT2D eigenvalue weighted by molar-refractivity contribution is 5.81. The summed E-state index contributed by atoms with van der Waals surface area (Å²) in [5, 5.41) is 2.80. The second-order valence-electron chi connectivity index (χ2n) is 6.31. The molecule has 1 N–H and O–H groups in total. The number of amides is 2. The van der Waals surface area contributed by atoms with Crippen LogP contribution in [-0.4, -0.2) is 49.9 Å². The fourth-order valence-corrected chi connectivity index (χ4v) is 1.69. The molecule has 0 saturated heterocycles. The molecule has 0 aromatic heterocycles. The Morgan fingerprint density at radius 3 is 2.29 bits per heavy atom. The lowest BCUT2D eigenvalue weighted by molar-refractivity contribution is -0.146. The van der Waals surface area contributed by atoms with Crippen molar-refractivity contribution in [2.75, 3.05) is 27.2 Å². The fourth-order valence-electron chi connectivity index (χ4n) is 1.69. The van der Waals surface area contributed by atoms with E-state index in [2.05, 4.69) is 10.1 Å². The van der Waals surface area contributed by atoms with Crippen molar-refractivity contribution < 1.29 is 19.1 Å². The van der Waals surface area contributed by atoms with Gasteiger partial charge in [0.15, 0.2) is 0 Å². The van der Waals surface area contributed by atoms with Crippen LogP contribution < -0.4 is 5.32 Å². The average molecular weight is 300 g/mol. The van der Waals surface area contributed by atoms with Crippen molar-refractivity contribution in [3.05, 3.63) is 0 Å². The van der Waals surface area contributed by atoms with Gasteiger partial charge >= 0.3 is 5.97 Å². The normalized spacial score (nSPS) is 12.5. The van der Waals surface area contributed by atoms with Crippen molar-refractivity contribution in [1.29, 1.82) is 0 Å². The largest absolute Gasteiger partial charge is 0.469 e. The van der Waals surface area contributed by atoms with E-state index in [0.717, 1.165) is 0 Å². The smallest absolute Gasteiger partial charge is 0.310 e. The molecule has 0 heterocycles. The Balaban J connectivity index is 3.99. The summed E-state index contributed by atoms with van der Waals surface area (Å²) in [4.78, 5) is 36.3. The predicted octanol–water partition coefficient (Wildman–Crippen LogP) is 1.20. The summed E-state index contributed by atoms with van der Waals surface area (Å²) in [6.07, 6.45) is 0.923. The molecule has 1 unspecified atom stereocenters. The zero-order valence-corrected chi connectivity index (χ0v) is 14.0. The number of ether oxygens (including phenoxy) is 1. The maximum Gasteiger partial charge on any atom is 0.310 e. The van der Waals surface area contributed by atoms with Crippen molar-refractivity contribution in [3.63, 3.8) is 0 Å². The number of hydrogen-bond acceptors (Lipinski definition) is 4. The highest BCUT2D eigenvalue weighted by Crippen LogP contribution is 2.12. The van der Waals surface area contributed by atoms with Gasteiger partial charge < -0.3 is 15.0 Å². The molecular weight excluding hydrogens is 272 g/mol. The van der Waals surface area contributed by atoms with E-state index >= 15 is 0 Å². The average Bonchev–Trinajstić information content (AvgIpc) is 2.40.